The highest BCUT2D eigenvalue weighted by Gasteiger charge is 2.35. The molecule has 0 bridgehead atoms. The summed E-state index contributed by atoms with van der Waals surface area (Å²) in [4.78, 5) is 32.3. The maximum atomic E-state index is 13.1. The van der Waals surface area contributed by atoms with Gasteiger partial charge in [-0.2, -0.15) is 0 Å². The third kappa shape index (κ3) is 3.96. The van der Waals surface area contributed by atoms with Crippen LogP contribution in [0.4, 0.5) is 11.4 Å². The van der Waals surface area contributed by atoms with E-state index in [1.807, 2.05) is 93.0 Å². The highest BCUT2D eigenvalue weighted by atomic mass is 16.2. The van der Waals surface area contributed by atoms with E-state index >= 15 is 0 Å². The molecule has 1 N–H and O–H groups in total. The van der Waals surface area contributed by atoms with Crippen molar-refractivity contribution < 1.29 is 9.59 Å². The van der Waals surface area contributed by atoms with Crippen molar-refractivity contribution in [2.24, 2.45) is 5.92 Å². The van der Waals surface area contributed by atoms with Crippen LogP contribution in [0.15, 0.2) is 60.9 Å². The van der Waals surface area contributed by atoms with Crippen LogP contribution in [0.3, 0.4) is 0 Å². The minimum Gasteiger partial charge on any atom is -0.326 e. The van der Waals surface area contributed by atoms with Crippen molar-refractivity contribution in [2.45, 2.75) is 34.1 Å². The van der Waals surface area contributed by atoms with Crippen LogP contribution in [-0.4, -0.2) is 27.7 Å². The molecule has 1 aliphatic heterocycles. The second kappa shape index (κ2) is 8.45. The van der Waals surface area contributed by atoms with Crippen LogP contribution >= 0.6 is 0 Å². The third-order valence-corrected chi connectivity index (χ3v) is 6.77. The molecule has 0 unspecified atom stereocenters. The van der Waals surface area contributed by atoms with Gasteiger partial charge in [0.15, 0.2) is 0 Å². The molecule has 6 nitrogen and oxygen atoms in total. The number of benzene rings is 2. The lowest BCUT2D eigenvalue weighted by Gasteiger charge is -2.18. The van der Waals surface area contributed by atoms with Gasteiger partial charge in [-0.25, -0.2) is 4.98 Å². The molecule has 2 amide bonds. The second-order valence-electron chi connectivity index (χ2n) is 9.24. The Labute approximate surface area is 199 Å². The van der Waals surface area contributed by atoms with Crippen molar-refractivity contribution in [3.05, 3.63) is 83.2 Å². The Bertz CT molecular complexity index is 1440. The lowest BCUT2D eigenvalue weighted by molar-refractivity contribution is -0.122. The molecule has 1 fully saturated rings. The number of nitrogens with one attached hydrogen (secondary N) is 1. The number of hydrogen-bond donors (Lipinski definition) is 1. The molecule has 2 aromatic carbocycles. The number of fused-ring (bicyclic) bond motifs is 1. The molecular formula is C28H28N4O2. The molecule has 4 aromatic rings. The monoisotopic (exact) mass is 452 g/mol. The number of nitrogens with zero attached hydrogens (tertiary/aromatic N) is 3. The Hall–Kier alpha value is -3.93. The number of rotatable bonds is 4. The van der Waals surface area contributed by atoms with E-state index in [2.05, 4.69) is 5.32 Å². The summed E-state index contributed by atoms with van der Waals surface area (Å²) in [6, 6.07) is 16.0. The quantitative estimate of drug-likeness (QED) is 0.461. The minimum atomic E-state index is -0.394. The fourth-order valence-electron chi connectivity index (χ4n) is 4.47. The zero-order chi connectivity index (χ0) is 24.0. The Balaban J connectivity index is 1.36. The fourth-order valence-corrected chi connectivity index (χ4v) is 4.47. The van der Waals surface area contributed by atoms with E-state index in [-0.39, 0.29) is 18.2 Å². The van der Waals surface area contributed by atoms with Crippen molar-refractivity contribution in [3.63, 3.8) is 0 Å². The summed E-state index contributed by atoms with van der Waals surface area (Å²) >= 11 is 0. The number of hydrogen-bond acceptors (Lipinski definition) is 3. The Morgan fingerprint density at radius 1 is 0.971 bits per heavy atom. The zero-order valence-electron chi connectivity index (χ0n) is 19.9. The molecule has 5 rings (SSSR count). The summed E-state index contributed by atoms with van der Waals surface area (Å²) in [6.07, 6.45) is 4.19. The van der Waals surface area contributed by atoms with Gasteiger partial charge in [-0.05, 0) is 74.2 Å². The number of carbonyl (C=O) groups excluding carboxylic acids is 2. The Kier molecular flexibility index (Phi) is 5.44. The summed E-state index contributed by atoms with van der Waals surface area (Å²) in [7, 11) is 0. The molecule has 0 aliphatic carbocycles. The van der Waals surface area contributed by atoms with Crippen LogP contribution in [-0.2, 0) is 9.59 Å². The van der Waals surface area contributed by atoms with Gasteiger partial charge in [0.1, 0.15) is 5.65 Å². The zero-order valence-corrected chi connectivity index (χ0v) is 19.9. The van der Waals surface area contributed by atoms with Gasteiger partial charge in [0.05, 0.1) is 11.6 Å². The molecule has 6 heteroatoms. The van der Waals surface area contributed by atoms with E-state index in [9.17, 15) is 9.59 Å². The summed E-state index contributed by atoms with van der Waals surface area (Å²) < 4.78 is 2.01. The molecule has 3 heterocycles. The predicted molar refractivity (Wildman–Crippen MR) is 135 cm³/mol. The predicted octanol–water partition coefficient (Wildman–Crippen LogP) is 5.23. The summed E-state index contributed by atoms with van der Waals surface area (Å²) in [5, 5.41) is 3.07. The van der Waals surface area contributed by atoms with Gasteiger partial charge >= 0.3 is 0 Å². The number of carbonyl (C=O) groups is 2. The molecule has 1 aliphatic rings. The smallest absolute Gasteiger partial charge is 0.229 e. The van der Waals surface area contributed by atoms with Crippen LogP contribution in [0.25, 0.3) is 16.9 Å². The van der Waals surface area contributed by atoms with Gasteiger partial charge in [-0.15, -0.1) is 0 Å². The van der Waals surface area contributed by atoms with Crippen LogP contribution in [0.5, 0.6) is 0 Å². The van der Waals surface area contributed by atoms with E-state index in [4.69, 9.17) is 4.98 Å². The van der Waals surface area contributed by atoms with Crippen molar-refractivity contribution in [1.29, 1.82) is 0 Å². The fraction of sp³-hybridized carbons (Fsp3) is 0.250. The SMILES string of the molecule is Cc1ccc(N2C[C@@H](C(=O)Nc3cc(-c4cn5cccc(C)c5n4)ccc3C)CC2=O)cc1C. The molecule has 0 spiro atoms. The summed E-state index contributed by atoms with van der Waals surface area (Å²) in [6.45, 7) is 8.47. The number of aromatic nitrogens is 2. The van der Waals surface area contributed by atoms with Crippen LogP contribution < -0.4 is 10.2 Å². The van der Waals surface area contributed by atoms with Crippen LogP contribution in [0.2, 0.25) is 0 Å². The minimum absolute atomic E-state index is 0.0195. The number of aryl methyl sites for hydroxylation is 4. The largest absolute Gasteiger partial charge is 0.326 e. The van der Waals surface area contributed by atoms with Crippen molar-refractivity contribution in [3.8, 4) is 11.3 Å². The van der Waals surface area contributed by atoms with Gasteiger partial charge in [0.2, 0.25) is 11.8 Å². The highest BCUT2D eigenvalue weighted by Crippen LogP contribution is 2.30. The average molecular weight is 453 g/mol. The van der Waals surface area contributed by atoms with Crippen LogP contribution in [0.1, 0.15) is 28.7 Å². The first-order valence-electron chi connectivity index (χ1n) is 11.5. The first-order valence-corrected chi connectivity index (χ1v) is 11.5. The number of amides is 2. The number of imidazole rings is 1. The molecule has 0 radical (unpaired) electrons. The number of anilines is 2. The first kappa shape index (κ1) is 21.9. The summed E-state index contributed by atoms with van der Waals surface area (Å²) in [5.41, 5.74) is 8.68. The number of pyridine rings is 1. The third-order valence-electron chi connectivity index (χ3n) is 6.77. The molecule has 1 atom stereocenters. The molecule has 172 valence electrons. The molecule has 2 aromatic heterocycles. The average Bonchev–Trinajstić information content (AvgIpc) is 3.42. The van der Waals surface area contributed by atoms with Crippen molar-refractivity contribution >= 4 is 28.8 Å². The Morgan fingerprint density at radius 2 is 1.76 bits per heavy atom. The topological polar surface area (TPSA) is 66.7 Å². The van der Waals surface area contributed by atoms with Crippen LogP contribution in [0, 0.1) is 33.6 Å². The van der Waals surface area contributed by atoms with Gasteiger partial charge < -0.3 is 14.6 Å². The van der Waals surface area contributed by atoms with Crippen molar-refractivity contribution in [1.82, 2.24) is 9.38 Å². The van der Waals surface area contributed by atoms with Gasteiger partial charge in [0, 0.05) is 42.3 Å². The standard InChI is InChI=1S/C28H28N4O2/c1-17-8-10-23(12-20(17)4)32-15-22(14-26(32)33)28(34)30-24-13-21(9-7-18(24)2)25-16-31-11-5-6-19(3)27(31)29-25/h5-13,16,22H,14-15H2,1-4H3,(H,30,34)/t22-/m0/s1. The van der Waals surface area contributed by atoms with Gasteiger partial charge in [-0.3, -0.25) is 9.59 Å². The van der Waals surface area contributed by atoms with E-state index in [1.165, 1.54) is 5.56 Å². The Morgan fingerprint density at radius 3 is 2.53 bits per heavy atom. The van der Waals surface area contributed by atoms with E-state index in [0.717, 1.165) is 45.0 Å². The van der Waals surface area contributed by atoms with Crippen molar-refractivity contribution in [2.75, 3.05) is 16.8 Å². The molecular weight excluding hydrogens is 424 g/mol. The molecule has 34 heavy (non-hydrogen) atoms. The van der Waals surface area contributed by atoms with E-state index < -0.39 is 5.92 Å². The molecule has 1 saturated heterocycles. The van der Waals surface area contributed by atoms with Gasteiger partial charge in [-0.1, -0.05) is 24.3 Å². The van der Waals surface area contributed by atoms with E-state index in [0.29, 0.717) is 6.54 Å². The van der Waals surface area contributed by atoms with Gasteiger partial charge in [0.25, 0.3) is 0 Å². The first-order chi connectivity index (χ1) is 16.3. The normalized spacial score (nSPS) is 15.8. The lowest BCUT2D eigenvalue weighted by atomic mass is 10.1. The maximum absolute atomic E-state index is 13.1. The highest BCUT2D eigenvalue weighted by molar-refractivity contribution is 6.04. The lowest BCUT2D eigenvalue weighted by Crippen LogP contribution is -2.28. The second-order valence-corrected chi connectivity index (χ2v) is 9.24. The molecule has 0 saturated carbocycles. The maximum Gasteiger partial charge on any atom is 0.229 e. The summed E-state index contributed by atoms with van der Waals surface area (Å²) in [5.74, 6) is -0.547. The van der Waals surface area contributed by atoms with E-state index in [1.54, 1.807) is 4.90 Å².